The van der Waals surface area contributed by atoms with Crippen LogP contribution in [0.15, 0.2) is 18.2 Å². The topological polar surface area (TPSA) is 86.3 Å². The first kappa shape index (κ1) is 28.4. The number of carbonyl (C=O) groups excluding carboxylic acids is 1. The van der Waals surface area contributed by atoms with E-state index in [1.807, 2.05) is 0 Å². The van der Waals surface area contributed by atoms with Crippen molar-refractivity contribution in [1.82, 2.24) is 5.32 Å². The third kappa shape index (κ3) is 12.1. The van der Waals surface area contributed by atoms with Gasteiger partial charge in [0.2, 0.25) is 0 Å². The molecule has 0 radical (unpaired) electrons. The third-order valence-electron chi connectivity index (χ3n) is 5.77. The average Bonchev–Trinajstić information content (AvgIpc) is 2.84. The molecule has 0 aromatic heterocycles. The number of ether oxygens (including phenoxy) is 4. The second-order valence-electron chi connectivity index (χ2n) is 8.64. The van der Waals surface area contributed by atoms with E-state index >= 15 is 0 Å². The van der Waals surface area contributed by atoms with Crippen LogP contribution in [0.3, 0.4) is 0 Å². The summed E-state index contributed by atoms with van der Waals surface area (Å²) < 4.78 is 48.2. The fourth-order valence-corrected chi connectivity index (χ4v) is 3.74. The highest BCUT2D eigenvalue weighted by atomic mass is 19.1. The van der Waals surface area contributed by atoms with Crippen molar-refractivity contribution in [3.05, 3.63) is 29.8 Å². The smallest absolute Gasteiger partial charge is 0.305 e. The predicted octanol–water partition coefficient (Wildman–Crippen LogP) is 4.11. The van der Waals surface area contributed by atoms with Crippen molar-refractivity contribution in [2.24, 2.45) is 0 Å². The van der Waals surface area contributed by atoms with Crippen molar-refractivity contribution < 1.29 is 37.6 Å². The molecule has 1 aliphatic rings. The summed E-state index contributed by atoms with van der Waals surface area (Å²) in [7, 11) is 1.40. The molecule has 0 aliphatic carbocycles. The van der Waals surface area contributed by atoms with E-state index in [0.29, 0.717) is 26.0 Å². The number of carbonyl (C=O) groups is 1. The van der Waals surface area contributed by atoms with Gasteiger partial charge in [0.15, 0.2) is 17.9 Å². The number of unbranched alkanes of at least 4 members (excludes halogenated alkanes) is 3. The molecule has 2 rings (SSSR count). The molecule has 1 aliphatic heterocycles. The highest BCUT2D eigenvalue weighted by Crippen LogP contribution is 2.18. The average molecular weight is 488 g/mol. The lowest BCUT2D eigenvalue weighted by molar-refractivity contribution is -0.166. The van der Waals surface area contributed by atoms with Crippen molar-refractivity contribution >= 4 is 5.97 Å². The van der Waals surface area contributed by atoms with Gasteiger partial charge in [-0.3, -0.25) is 4.79 Å². The number of nitrogens with one attached hydrogen (secondary N) is 1. The van der Waals surface area contributed by atoms with Gasteiger partial charge < -0.3 is 29.4 Å². The minimum atomic E-state index is -0.793. The Balaban J connectivity index is 1.68. The SMILES string of the molecule is COC(=O)CCCCCCC(COC1CCCCO1)NCCC(O)COc1ccc(F)cc1F. The Kier molecular flexibility index (Phi) is 14.0. The third-order valence-corrected chi connectivity index (χ3v) is 5.77. The summed E-state index contributed by atoms with van der Waals surface area (Å²) in [6, 6.07) is 3.18. The molecule has 34 heavy (non-hydrogen) atoms. The maximum absolute atomic E-state index is 13.6. The Morgan fingerprint density at radius 3 is 2.74 bits per heavy atom. The molecular weight excluding hydrogens is 448 g/mol. The molecule has 194 valence electrons. The van der Waals surface area contributed by atoms with E-state index < -0.39 is 17.7 Å². The molecule has 7 nitrogen and oxygen atoms in total. The fraction of sp³-hybridized carbons (Fsp3) is 0.720. The van der Waals surface area contributed by atoms with E-state index in [0.717, 1.165) is 70.1 Å². The minimum Gasteiger partial charge on any atom is -0.488 e. The Morgan fingerprint density at radius 2 is 2.00 bits per heavy atom. The number of methoxy groups -OCH3 is 1. The van der Waals surface area contributed by atoms with E-state index in [2.05, 4.69) is 10.1 Å². The number of halogens is 2. The highest BCUT2D eigenvalue weighted by Gasteiger charge is 2.17. The van der Waals surface area contributed by atoms with Gasteiger partial charge in [0, 0.05) is 25.1 Å². The molecule has 1 aromatic rings. The molecule has 2 N–H and O–H groups in total. The lowest BCUT2D eigenvalue weighted by atomic mass is 10.1. The minimum absolute atomic E-state index is 0.0818. The number of esters is 1. The van der Waals surface area contributed by atoms with Crippen molar-refractivity contribution in [2.45, 2.75) is 82.6 Å². The van der Waals surface area contributed by atoms with Crippen LogP contribution in [0, 0.1) is 11.6 Å². The maximum Gasteiger partial charge on any atom is 0.305 e. The first-order valence-electron chi connectivity index (χ1n) is 12.3. The normalized spacial score (nSPS) is 17.8. The zero-order valence-corrected chi connectivity index (χ0v) is 20.1. The molecule has 0 bridgehead atoms. The Morgan fingerprint density at radius 1 is 1.18 bits per heavy atom. The zero-order valence-electron chi connectivity index (χ0n) is 20.1. The van der Waals surface area contributed by atoms with Crippen LogP contribution in [-0.2, 0) is 19.0 Å². The maximum atomic E-state index is 13.6. The first-order valence-corrected chi connectivity index (χ1v) is 12.3. The second kappa shape index (κ2) is 16.8. The molecule has 3 atom stereocenters. The van der Waals surface area contributed by atoms with E-state index in [1.54, 1.807) is 0 Å². The summed E-state index contributed by atoms with van der Waals surface area (Å²) >= 11 is 0. The van der Waals surface area contributed by atoms with E-state index in [1.165, 1.54) is 13.2 Å². The standard InChI is InChI=1S/C25H39F2NO6/c1-31-24(30)9-5-3-2-4-8-20(17-34-25-10-6-7-15-32-25)28-14-13-21(29)18-33-23-12-11-19(26)16-22(23)27/h11-12,16,20-21,25,28-29H,2-10,13-15,17-18H2,1H3. The Bertz CT molecular complexity index is 702. The number of aliphatic hydroxyl groups excluding tert-OH is 1. The van der Waals surface area contributed by atoms with Gasteiger partial charge in [-0.25, -0.2) is 8.78 Å². The van der Waals surface area contributed by atoms with Crippen LogP contribution in [0.2, 0.25) is 0 Å². The fourth-order valence-electron chi connectivity index (χ4n) is 3.74. The quantitative estimate of drug-likeness (QED) is 0.253. The number of hydrogen-bond acceptors (Lipinski definition) is 7. The molecule has 0 saturated carbocycles. The van der Waals surface area contributed by atoms with Gasteiger partial charge in [-0.15, -0.1) is 0 Å². The summed E-state index contributed by atoms with van der Waals surface area (Å²) in [5, 5.41) is 13.6. The number of rotatable bonds is 17. The summed E-state index contributed by atoms with van der Waals surface area (Å²) in [5.74, 6) is -1.73. The van der Waals surface area contributed by atoms with Gasteiger partial charge in [-0.05, 0) is 57.2 Å². The monoisotopic (exact) mass is 487 g/mol. The molecule has 1 heterocycles. The van der Waals surface area contributed by atoms with Crippen LogP contribution in [0.25, 0.3) is 0 Å². The van der Waals surface area contributed by atoms with Gasteiger partial charge in [-0.2, -0.15) is 0 Å². The summed E-state index contributed by atoms with van der Waals surface area (Å²) in [6.07, 6.45) is 7.65. The van der Waals surface area contributed by atoms with Crippen LogP contribution in [-0.4, -0.2) is 63.0 Å². The second-order valence-corrected chi connectivity index (χ2v) is 8.64. The Labute approximate surface area is 201 Å². The van der Waals surface area contributed by atoms with E-state index in [-0.39, 0.29) is 30.7 Å². The van der Waals surface area contributed by atoms with Crippen molar-refractivity contribution in [3.8, 4) is 5.75 Å². The van der Waals surface area contributed by atoms with Gasteiger partial charge >= 0.3 is 5.97 Å². The van der Waals surface area contributed by atoms with Crippen LogP contribution < -0.4 is 10.1 Å². The van der Waals surface area contributed by atoms with Gasteiger partial charge in [0.25, 0.3) is 0 Å². The first-order chi connectivity index (χ1) is 16.5. The molecule has 0 amide bonds. The molecule has 1 saturated heterocycles. The zero-order chi connectivity index (χ0) is 24.6. The Hall–Kier alpha value is -1.81. The lowest BCUT2D eigenvalue weighted by Crippen LogP contribution is -2.38. The molecule has 0 spiro atoms. The molecule has 1 aromatic carbocycles. The number of hydrogen-bond donors (Lipinski definition) is 2. The molecule has 9 heteroatoms. The van der Waals surface area contributed by atoms with Gasteiger partial charge in [0.05, 0.1) is 19.8 Å². The van der Waals surface area contributed by atoms with Crippen LogP contribution >= 0.6 is 0 Å². The molecule has 3 unspecified atom stereocenters. The van der Waals surface area contributed by atoms with Crippen molar-refractivity contribution in [3.63, 3.8) is 0 Å². The van der Waals surface area contributed by atoms with Crippen LogP contribution in [0.1, 0.15) is 64.2 Å². The van der Waals surface area contributed by atoms with Crippen LogP contribution in [0.5, 0.6) is 5.75 Å². The summed E-state index contributed by atoms with van der Waals surface area (Å²) in [4.78, 5) is 11.2. The largest absolute Gasteiger partial charge is 0.488 e. The van der Waals surface area contributed by atoms with Crippen molar-refractivity contribution in [2.75, 3.05) is 33.5 Å². The molecule has 1 fully saturated rings. The highest BCUT2D eigenvalue weighted by molar-refractivity contribution is 5.68. The van der Waals surface area contributed by atoms with Gasteiger partial charge in [0.1, 0.15) is 12.4 Å². The van der Waals surface area contributed by atoms with E-state index in [4.69, 9.17) is 14.2 Å². The predicted molar refractivity (Wildman–Crippen MR) is 124 cm³/mol. The number of benzene rings is 1. The van der Waals surface area contributed by atoms with E-state index in [9.17, 15) is 18.7 Å². The van der Waals surface area contributed by atoms with Crippen molar-refractivity contribution in [1.29, 1.82) is 0 Å². The lowest BCUT2D eigenvalue weighted by Gasteiger charge is -2.26. The molecular formula is C25H39F2NO6. The summed E-state index contributed by atoms with van der Waals surface area (Å²) in [5.41, 5.74) is 0. The summed E-state index contributed by atoms with van der Waals surface area (Å²) in [6.45, 7) is 1.70. The number of aliphatic hydroxyl groups is 1. The van der Waals surface area contributed by atoms with Crippen LogP contribution in [0.4, 0.5) is 8.78 Å². The van der Waals surface area contributed by atoms with Gasteiger partial charge in [-0.1, -0.05) is 19.3 Å².